The van der Waals surface area contributed by atoms with Gasteiger partial charge in [-0.25, -0.2) is 4.79 Å². The maximum atomic E-state index is 12.6. The summed E-state index contributed by atoms with van der Waals surface area (Å²) in [7, 11) is 1.41. The number of carbonyl (C=O) groups excluding carboxylic acids is 1. The van der Waals surface area contributed by atoms with E-state index < -0.39 is 11.8 Å². The number of phenols is 2. The lowest BCUT2D eigenvalue weighted by molar-refractivity contribution is -0.193. The zero-order valence-electron chi connectivity index (χ0n) is 16.8. The second-order valence-electron chi connectivity index (χ2n) is 9.00. The first-order chi connectivity index (χ1) is 13.1. The number of carbonyl (C=O) groups is 1. The van der Waals surface area contributed by atoms with Gasteiger partial charge in [0.25, 0.3) is 5.79 Å². The molecule has 4 atom stereocenters. The molecule has 3 aliphatic heterocycles. The van der Waals surface area contributed by atoms with Crippen LogP contribution in [0, 0.1) is 11.3 Å². The monoisotopic (exact) mass is 388 g/mol. The van der Waals surface area contributed by atoms with Gasteiger partial charge in [0, 0.05) is 18.8 Å². The van der Waals surface area contributed by atoms with Crippen molar-refractivity contribution in [2.24, 2.45) is 11.3 Å². The summed E-state index contributed by atoms with van der Waals surface area (Å²) >= 11 is 0. The Morgan fingerprint density at radius 2 is 2.00 bits per heavy atom. The maximum absolute atomic E-state index is 12.6. The molecule has 1 aromatic rings. The lowest BCUT2D eigenvalue weighted by atomic mass is 9.62. The first-order valence-corrected chi connectivity index (χ1v) is 9.82. The van der Waals surface area contributed by atoms with Crippen LogP contribution in [0.15, 0.2) is 29.8 Å². The van der Waals surface area contributed by atoms with E-state index in [1.807, 2.05) is 0 Å². The Morgan fingerprint density at radius 3 is 2.64 bits per heavy atom. The number of fused-ring (bicyclic) bond motifs is 2. The summed E-state index contributed by atoms with van der Waals surface area (Å²) in [6.45, 7) is 6.68. The number of cyclic esters (lactones) is 1. The Kier molecular flexibility index (Phi) is 4.28. The van der Waals surface area contributed by atoms with Crippen LogP contribution < -0.4 is 0 Å². The minimum atomic E-state index is -1.53. The number of hydrogen-bond acceptors (Lipinski definition) is 6. The van der Waals surface area contributed by atoms with E-state index in [4.69, 9.17) is 14.2 Å². The Balaban J connectivity index is 1.59. The van der Waals surface area contributed by atoms with Crippen molar-refractivity contribution in [1.29, 1.82) is 0 Å². The topological polar surface area (TPSA) is 85.2 Å². The second-order valence-corrected chi connectivity index (χ2v) is 9.00. The van der Waals surface area contributed by atoms with Crippen LogP contribution in [0.4, 0.5) is 0 Å². The molecule has 0 amide bonds. The van der Waals surface area contributed by atoms with Gasteiger partial charge in [0.2, 0.25) is 0 Å². The van der Waals surface area contributed by atoms with Crippen LogP contribution in [0.1, 0.15) is 52.0 Å². The van der Waals surface area contributed by atoms with Crippen molar-refractivity contribution >= 4 is 5.97 Å². The zero-order valence-corrected chi connectivity index (χ0v) is 16.8. The molecule has 0 aromatic heterocycles. The van der Waals surface area contributed by atoms with E-state index in [-0.39, 0.29) is 34.2 Å². The van der Waals surface area contributed by atoms with Gasteiger partial charge in [0.15, 0.2) is 0 Å². The third-order valence-electron chi connectivity index (χ3n) is 7.01. The van der Waals surface area contributed by atoms with Gasteiger partial charge in [-0.2, -0.15) is 0 Å². The molecule has 6 heteroatoms. The van der Waals surface area contributed by atoms with E-state index in [9.17, 15) is 15.0 Å². The molecule has 1 unspecified atom stereocenters. The van der Waals surface area contributed by atoms with E-state index in [1.165, 1.54) is 25.3 Å². The highest BCUT2D eigenvalue weighted by molar-refractivity contribution is 5.91. The molecule has 2 bridgehead atoms. The average Bonchev–Trinajstić information content (AvgIpc) is 3.24. The first kappa shape index (κ1) is 19.3. The van der Waals surface area contributed by atoms with Gasteiger partial charge >= 0.3 is 5.97 Å². The number of hydrogen-bond donors (Lipinski definition) is 2. The highest BCUT2D eigenvalue weighted by atomic mass is 16.7. The fourth-order valence-corrected chi connectivity index (χ4v) is 5.47. The smallest absolute Gasteiger partial charge is 0.336 e. The Bertz CT molecular complexity index is 839. The third kappa shape index (κ3) is 2.73. The minimum Gasteiger partial charge on any atom is -0.508 e. The molecule has 0 spiro atoms. The number of ether oxygens (including phenoxy) is 3. The standard InChI is InChI=1S/C22H28O6/c1-20(2)17(21(3)10-9-18(20)27-21)8-5-13-12-22(26-4,28-19(13)25)15-11-14(23)6-7-16(15)24/h6-7,11-12,17-18,23-24H,5,8-10H2,1-4H3/t17-,18+,21-,22?/m1/s1. The molecule has 2 saturated heterocycles. The van der Waals surface area contributed by atoms with Crippen molar-refractivity contribution in [3.05, 3.63) is 35.4 Å². The average molecular weight is 388 g/mol. The van der Waals surface area contributed by atoms with Crippen molar-refractivity contribution in [2.75, 3.05) is 7.11 Å². The van der Waals surface area contributed by atoms with Crippen LogP contribution >= 0.6 is 0 Å². The zero-order chi connectivity index (χ0) is 20.3. The SMILES string of the molecule is COC1(c2cc(O)ccc2O)C=C(CC[C@@H]2C(C)(C)[C@@H]3CC[C@@]2(C)O3)C(=O)O1. The fraction of sp³-hybridized carbons (Fsp3) is 0.591. The number of esters is 1. The number of methoxy groups -OCH3 is 1. The number of phenolic OH excluding ortho intramolecular Hbond substituents is 2. The van der Waals surface area contributed by atoms with Crippen LogP contribution in [-0.2, 0) is 24.8 Å². The molecule has 0 radical (unpaired) electrons. The molecule has 0 saturated carbocycles. The largest absolute Gasteiger partial charge is 0.508 e. The molecule has 152 valence electrons. The van der Waals surface area contributed by atoms with Crippen molar-refractivity contribution < 1.29 is 29.2 Å². The van der Waals surface area contributed by atoms with Gasteiger partial charge in [-0.05, 0) is 62.1 Å². The molecule has 6 nitrogen and oxygen atoms in total. The highest BCUT2D eigenvalue weighted by Crippen LogP contribution is 2.59. The van der Waals surface area contributed by atoms with Crippen molar-refractivity contribution in [1.82, 2.24) is 0 Å². The fourth-order valence-electron chi connectivity index (χ4n) is 5.47. The summed E-state index contributed by atoms with van der Waals surface area (Å²) in [5.74, 6) is -1.80. The summed E-state index contributed by atoms with van der Waals surface area (Å²) in [6.07, 6.45) is 5.39. The molecule has 28 heavy (non-hydrogen) atoms. The van der Waals surface area contributed by atoms with Crippen LogP contribution in [-0.4, -0.2) is 35.0 Å². The quantitative estimate of drug-likeness (QED) is 0.590. The summed E-state index contributed by atoms with van der Waals surface area (Å²) in [5.41, 5.74) is 0.650. The van der Waals surface area contributed by atoms with Gasteiger partial charge < -0.3 is 24.4 Å². The van der Waals surface area contributed by atoms with E-state index in [0.717, 1.165) is 19.3 Å². The summed E-state index contributed by atoms with van der Waals surface area (Å²) in [6, 6.07) is 4.06. The summed E-state index contributed by atoms with van der Waals surface area (Å²) in [5, 5.41) is 20.0. The minimum absolute atomic E-state index is 0.0454. The molecule has 3 aliphatic rings. The van der Waals surface area contributed by atoms with Crippen molar-refractivity contribution in [2.45, 2.75) is 63.9 Å². The van der Waals surface area contributed by atoms with E-state index in [0.29, 0.717) is 17.9 Å². The van der Waals surface area contributed by atoms with E-state index in [1.54, 1.807) is 6.08 Å². The second kappa shape index (κ2) is 6.22. The molecular weight excluding hydrogens is 360 g/mol. The van der Waals surface area contributed by atoms with E-state index in [2.05, 4.69) is 20.8 Å². The van der Waals surface area contributed by atoms with Gasteiger partial charge in [0.1, 0.15) is 11.5 Å². The van der Waals surface area contributed by atoms with Gasteiger partial charge in [-0.3, -0.25) is 0 Å². The molecule has 2 N–H and O–H groups in total. The molecule has 2 fully saturated rings. The first-order valence-electron chi connectivity index (χ1n) is 9.82. The Morgan fingerprint density at radius 1 is 1.25 bits per heavy atom. The Labute approximate surface area is 165 Å². The van der Waals surface area contributed by atoms with Crippen LogP contribution in [0.25, 0.3) is 0 Å². The molecule has 0 aliphatic carbocycles. The van der Waals surface area contributed by atoms with Crippen molar-refractivity contribution in [3.63, 3.8) is 0 Å². The lowest BCUT2D eigenvalue weighted by Gasteiger charge is -2.39. The van der Waals surface area contributed by atoms with Crippen LogP contribution in [0.5, 0.6) is 11.5 Å². The third-order valence-corrected chi connectivity index (χ3v) is 7.01. The highest BCUT2D eigenvalue weighted by Gasteiger charge is 2.60. The Hall–Kier alpha value is -2.05. The molecular formula is C22H28O6. The summed E-state index contributed by atoms with van der Waals surface area (Å²) in [4.78, 5) is 12.6. The number of benzene rings is 1. The predicted molar refractivity (Wildman–Crippen MR) is 102 cm³/mol. The molecule has 3 heterocycles. The molecule has 4 rings (SSSR count). The normalized spacial score (nSPS) is 35.9. The van der Waals surface area contributed by atoms with Gasteiger partial charge in [0.05, 0.1) is 17.3 Å². The van der Waals surface area contributed by atoms with Crippen molar-refractivity contribution in [3.8, 4) is 11.5 Å². The molecule has 1 aromatic carbocycles. The number of rotatable bonds is 5. The number of aromatic hydroxyl groups is 2. The van der Waals surface area contributed by atoms with Crippen LogP contribution in [0.2, 0.25) is 0 Å². The predicted octanol–water partition coefficient (Wildman–Crippen LogP) is 3.75. The lowest BCUT2D eigenvalue weighted by Crippen LogP contribution is -2.40. The van der Waals surface area contributed by atoms with Gasteiger partial charge in [-0.1, -0.05) is 13.8 Å². The maximum Gasteiger partial charge on any atom is 0.336 e. The van der Waals surface area contributed by atoms with Gasteiger partial charge in [-0.15, -0.1) is 0 Å². The van der Waals surface area contributed by atoms with Crippen LogP contribution in [0.3, 0.4) is 0 Å². The summed E-state index contributed by atoms with van der Waals surface area (Å²) < 4.78 is 17.3. The van der Waals surface area contributed by atoms with E-state index >= 15 is 0 Å².